The maximum absolute atomic E-state index is 13.5. The lowest BCUT2D eigenvalue weighted by atomic mass is 9.88. The van der Waals surface area contributed by atoms with Crippen molar-refractivity contribution >= 4 is 49.8 Å². The van der Waals surface area contributed by atoms with E-state index in [-0.39, 0.29) is 17.9 Å². The van der Waals surface area contributed by atoms with Gasteiger partial charge in [0.05, 0.1) is 23.2 Å². The zero-order valence-corrected chi connectivity index (χ0v) is 20.3. The van der Waals surface area contributed by atoms with Gasteiger partial charge in [-0.15, -0.1) is 0 Å². The van der Waals surface area contributed by atoms with Gasteiger partial charge in [-0.2, -0.15) is 0 Å². The Bertz CT molecular complexity index is 979. The predicted octanol–water partition coefficient (Wildman–Crippen LogP) is 5.74. The Morgan fingerprint density at radius 1 is 0.867 bits per heavy atom. The maximum Gasteiger partial charge on any atom is 0.188 e. The van der Waals surface area contributed by atoms with Gasteiger partial charge in [0.25, 0.3) is 0 Å². The van der Waals surface area contributed by atoms with Gasteiger partial charge in [-0.25, -0.2) is 0 Å². The summed E-state index contributed by atoms with van der Waals surface area (Å²) in [4.78, 5) is 15.9. The SMILES string of the molecule is COc1ccc(/C=C2/C(=O)/C(=C/c3ccc(OC)c(Br)c3)[C@H]3CC[C@H]2N3C)cc1Br. The standard InChI is InChI=1S/C24H23Br2NO3/c1-27-20-6-7-21(27)17(11-15-5-9-23(30-3)19(26)13-15)24(28)16(20)10-14-4-8-22(29-2)18(25)12-14/h4-5,8-13,20-21H,6-7H2,1-3H3/b16-10+,17-11+/t20-,21-/m1/s1. The van der Waals surface area contributed by atoms with Crippen LogP contribution in [0.25, 0.3) is 12.2 Å². The summed E-state index contributed by atoms with van der Waals surface area (Å²) in [6.07, 6.45) is 6.01. The van der Waals surface area contributed by atoms with E-state index in [2.05, 4.69) is 43.8 Å². The minimum Gasteiger partial charge on any atom is -0.496 e. The van der Waals surface area contributed by atoms with E-state index in [1.54, 1.807) is 14.2 Å². The van der Waals surface area contributed by atoms with Crippen molar-refractivity contribution < 1.29 is 14.3 Å². The molecule has 6 heteroatoms. The van der Waals surface area contributed by atoms with Gasteiger partial charge in [-0.3, -0.25) is 9.69 Å². The quantitative estimate of drug-likeness (QED) is 0.470. The van der Waals surface area contributed by atoms with E-state index < -0.39 is 0 Å². The van der Waals surface area contributed by atoms with Crippen LogP contribution in [0.4, 0.5) is 0 Å². The number of carbonyl (C=O) groups is 1. The number of hydrogen-bond acceptors (Lipinski definition) is 4. The summed E-state index contributed by atoms with van der Waals surface area (Å²) >= 11 is 7.08. The minimum atomic E-state index is 0.138. The molecule has 0 radical (unpaired) electrons. The molecule has 2 bridgehead atoms. The van der Waals surface area contributed by atoms with Gasteiger partial charge in [0.15, 0.2) is 5.78 Å². The van der Waals surface area contributed by atoms with Crippen LogP contribution < -0.4 is 9.47 Å². The maximum atomic E-state index is 13.5. The van der Waals surface area contributed by atoms with Crippen molar-refractivity contribution in [2.24, 2.45) is 0 Å². The fraction of sp³-hybridized carbons (Fsp3) is 0.292. The summed E-state index contributed by atoms with van der Waals surface area (Å²) in [6, 6.07) is 12.1. The van der Waals surface area contributed by atoms with Crippen LogP contribution in [0.15, 0.2) is 56.5 Å². The summed E-state index contributed by atoms with van der Waals surface area (Å²) < 4.78 is 12.4. The number of methoxy groups -OCH3 is 2. The second kappa shape index (κ2) is 8.69. The number of fused-ring (bicyclic) bond motifs is 2. The molecule has 0 spiro atoms. The monoisotopic (exact) mass is 531 g/mol. The Balaban J connectivity index is 1.74. The molecule has 0 amide bonds. The first-order valence-electron chi connectivity index (χ1n) is 9.80. The Morgan fingerprint density at radius 2 is 1.30 bits per heavy atom. The highest BCUT2D eigenvalue weighted by Crippen LogP contribution is 2.41. The molecule has 2 saturated heterocycles. The molecule has 4 nitrogen and oxygen atoms in total. The molecule has 2 aromatic carbocycles. The molecule has 2 atom stereocenters. The lowest BCUT2D eigenvalue weighted by molar-refractivity contribution is -0.114. The number of ether oxygens (including phenoxy) is 2. The molecule has 2 aromatic rings. The third-order valence-corrected chi connectivity index (χ3v) is 7.17. The van der Waals surface area contributed by atoms with E-state index in [4.69, 9.17) is 9.47 Å². The van der Waals surface area contributed by atoms with Crippen LogP contribution in [0.3, 0.4) is 0 Å². The summed E-state index contributed by atoms with van der Waals surface area (Å²) in [5.41, 5.74) is 3.66. The first-order chi connectivity index (χ1) is 14.4. The Kier molecular flexibility index (Phi) is 6.19. The van der Waals surface area contributed by atoms with E-state index in [9.17, 15) is 4.79 Å². The first-order valence-corrected chi connectivity index (χ1v) is 11.4. The normalized spacial score (nSPS) is 24.0. The van der Waals surface area contributed by atoms with Crippen molar-refractivity contribution in [3.8, 4) is 11.5 Å². The largest absolute Gasteiger partial charge is 0.496 e. The van der Waals surface area contributed by atoms with Gasteiger partial charge in [-0.05, 0) is 99.3 Å². The number of carbonyl (C=O) groups excluding carboxylic acids is 1. The van der Waals surface area contributed by atoms with Crippen molar-refractivity contribution in [2.45, 2.75) is 24.9 Å². The summed E-state index contributed by atoms with van der Waals surface area (Å²) in [6.45, 7) is 0. The smallest absolute Gasteiger partial charge is 0.188 e. The highest BCUT2D eigenvalue weighted by molar-refractivity contribution is 9.10. The van der Waals surface area contributed by atoms with E-state index in [0.717, 1.165) is 55.6 Å². The lowest BCUT2D eigenvalue weighted by Gasteiger charge is -2.34. The van der Waals surface area contributed by atoms with E-state index in [1.165, 1.54) is 0 Å². The van der Waals surface area contributed by atoms with E-state index in [0.29, 0.717) is 0 Å². The van der Waals surface area contributed by atoms with E-state index in [1.807, 2.05) is 48.6 Å². The average molecular weight is 533 g/mol. The van der Waals surface area contributed by atoms with Crippen LogP contribution in [-0.4, -0.2) is 44.0 Å². The zero-order valence-electron chi connectivity index (χ0n) is 17.1. The van der Waals surface area contributed by atoms with Gasteiger partial charge >= 0.3 is 0 Å². The molecule has 156 valence electrons. The molecular weight excluding hydrogens is 510 g/mol. The average Bonchev–Trinajstić information content (AvgIpc) is 3.04. The number of rotatable bonds is 4. The van der Waals surface area contributed by atoms with Crippen LogP contribution >= 0.6 is 31.9 Å². The summed E-state index contributed by atoms with van der Waals surface area (Å²) in [5.74, 6) is 1.69. The fourth-order valence-electron chi connectivity index (χ4n) is 4.39. The van der Waals surface area contributed by atoms with Crippen molar-refractivity contribution in [2.75, 3.05) is 21.3 Å². The number of ketones is 1. The second-order valence-corrected chi connectivity index (χ2v) is 9.30. The molecule has 0 saturated carbocycles. The van der Waals surface area contributed by atoms with Crippen LogP contribution in [-0.2, 0) is 4.79 Å². The Morgan fingerprint density at radius 3 is 1.67 bits per heavy atom. The van der Waals surface area contributed by atoms with Gasteiger partial charge in [-0.1, -0.05) is 12.1 Å². The minimum absolute atomic E-state index is 0.138. The molecule has 2 aliphatic heterocycles. The van der Waals surface area contributed by atoms with Gasteiger partial charge in [0.2, 0.25) is 0 Å². The number of halogens is 2. The molecule has 0 aromatic heterocycles. The van der Waals surface area contributed by atoms with Crippen LogP contribution in [0.1, 0.15) is 24.0 Å². The number of hydrogen-bond donors (Lipinski definition) is 0. The number of benzene rings is 2. The second-order valence-electron chi connectivity index (χ2n) is 7.59. The molecule has 0 N–H and O–H groups in total. The third-order valence-electron chi connectivity index (χ3n) is 5.94. The lowest BCUT2D eigenvalue weighted by Crippen LogP contribution is -2.43. The molecule has 30 heavy (non-hydrogen) atoms. The van der Waals surface area contributed by atoms with Crippen LogP contribution in [0.5, 0.6) is 11.5 Å². The molecule has 4 rings (SSSR count). The first kappa shape index (κ1) is 21.3. The molecule has 0 unspecified atom stereocenters. The zero-order chi connectivity index (χ0) is 21.4. The van der Waals surface area contributed by atoms with Crippen molar-refractivity contribution in [3.05, 3.63) is 67.6 Å². The number of nitrogens with zero attached hydrogens (tertiary/aromatic N) is 1. The highest BCUT2D eigenvalue weighted by atomic mass is 79.9. The van der Waals surface area contributed by atoms with Crippen LogP contribution in [0, 0.1) is 0 Å². The molecule has 0 aliphatic carbocycles. The Hall–Kier alpha value is -1.89. The van der Waals surface area contributed by atoms with Gasteiger partial charge in [0, 0.05) is 23.2 Å². The fourth-order valence-corrected chi connectivity index (χ4v) is 5.50. The highest BCUT2D eigenvalue weighted by Gasteiger charge is 2.44. The Labute approximate surface area is 193 Å². The van der Waals surface area contributed by atoms with Crippen molar-refractivity contribution in [3.63, 3.8) is 0 Å². The number of likely N-dealkylation sites (N-methyl/N-ethyl adjacent to an activating group) is 1. The predicted molar refractivity (Wildman–Crippen MR) is 127 cm³/mol. The topological polar surface area (TPSA) is 38.8 Å². The molecular formula is C24H23Br2NO3. The summed E-state index contributed by atoms with van der Waals surface area (Å²) in [5, 5.41) is 0. The molecule has 2 heterocycles. The number of piperidine rings is 1. The third kappa shape index (κ3) is 3.88. The van der Waals surface area contributed by atoms with Gasteiger partial charge in [0.1, 0.15) is 11.5 Å². The molecule has 2 fully saturated rings. The molecule has 2 aliphatic rings. The van der Waals surface area contributed by atoms with E-state index >= 15 is 0 Å². The van der Waals surface area contributed by atoms with Crippen LogP contribution in [0.2, 0.25) is 0 Å². The van der Waals surface area contributed by atoms with Crippen molar-refractivity contribution in [1.29, 1.82) is 0 Å². The summed E-state index contributed by atoms with van der Waals surface area (Å²) in [7, 11) is 5.40. The van der Waals surface area contributed by atoms with Crippen molar-refractivity contribution in [1.82, 2.24) is 4.90 Å². The number of Topliss-reactive ketones (excluding diaryl/α,β-unsaturated/α-hetero) is 1. The van der Waals surface area contributed by atoms with Gasteiger partial charge < -0.3 is 9.47 Å².